The van der Waals surface area contributed by atoms with Gasteiger partial charge in [-0.25, -0.2) is 0 Å². The first kappa shape index (κ1) is 9.97. The van der Waals surface area contributed by atoms with Gasteiger partial charge in [0.1, 0.15) is 0 Å². The Balaban J connectivity index is 2.04. The van der Waals surface area contributed by atoms with Gasteiger partial charge in [-0.15, -0.1) is 0 Å². The Hall–Kier alpha value is -0.570. The lowest BCUT2D eigenvalue weighted by Crippen LogP contribution is -2.43. The highest BCUT2D eigenvalue weighted by Crippen LogP contribution is 2.36. The first-order chi connectivity index (χ1) is 6.68. The summed E-state index contributed by atoms with van der Waals surface area (Å²) in [4.78, 5) is 13.8. The molecule has 1 aliphatic heterocycles. The molecule has 0 aromatic rings. The van der Waals surface area contributed by atoms with Crippen molar-refractivity contribution in [3.63, 3.8) is 0 Å². The van der Waals surface area contributed by atoms with E-state index in [2.05, 4.69) is 0 Å². The van der Waals surface area contributed by atoms with Crippen LogP contribution in [0, 0.1) is 5.92 Å². The topological polar surface area (TPSA) is 46.3 Å². The normalized spacial score (nSPS) is 34.4. The van der Waals surface area contributed by atoms with E-state index < -0.39 is 0 Å². The second-order valence-electron chi connectivity index (χ2n) is 4.84. The van der Waals surface area contributed by atoms with Gasteiger partial charge in [-0.1, -0.05) is 12.8 Å². The lowest BCUT2D eigenvalue weighted by Gasteiger charge is -2.32. The molecule has 0 radical (unpaired) electrons. The van der Waals surface area contributed by atoms with Crippen LogP contribution in [0.4, 0.5) is 0 Å². The smallest absolute Gasteiger partial charge is 0.223 e. The number of fused-ring (bicyclic) bond motifs is 1. The average Bonchev–Trinajstić information content (AvgIpc) is 2.43. The molecule has 0 spiro atoms. The third-order valence-electron chi connectivity index (χ3n) is 3.51. The fourth-order valence-electron chi connectivity index (χ4n) is 2.91. The summed E-state index contributed by atoms with van der Waals surface area (Å²) in [5.41, 5.74) is 5.76. The Bertz CT molecular complexity index is 227. The minimum atomic E-state index is 0.111. The number of carbonyl (C=O) groups is 1. The largest absolute Gasteiger partial charge is 0.338 e. The quantitative estimate of drug-likeness (QED) is 0.719. The molecule has 3 nitrogen and oxygen atoms in total. The summed E-state index contributed by atoms with van der Waals surface area (Å²) in [7, 11) is 0. The molecule has 3 unspecified atom stereocenters. The van der Waals surface area contributed by atoms with Gasteiger partial charge in [-0.05, 0) is 25.7 Å². The van der Waals surface area contributed by atoms with Crippen LogP contribution in [0.5, 0.6) is 0 Å². The van der Waals surface area contributed by atoms with Crippen LogP contribution >= 0.6 is 0 Å². The third-order valence-corrected chi connectivity index (χ3v) is 3.51. The average molecular weight is 196 g/mol. The standard InChI is InChI=1S/C11H20N2O/c1-8(12)7-13-10-5-3-2-4-9(10)6-11(13)14/h8-10H,2-7,12H2,1H3. The summed E-state index contributed by atoms with van der Waals surface area (Å²) in [6, 6.07) is 0.627. The van der Waals surface area contributed by atoms with E-state index in [-0.39, 0.29) is 6.04 Å². The number of nitrogens with two attached hydrogens (primary N) is 1. The van der Waals surface area contributed by atoms with E-state index in [0.29, 0.717) is 17.9 Å². The molecule has 2 fully saturated rings. The van der Waals surface area contributed by atoms with Gasteiger partial charge < -0.3 is 10.6 Å². The predicted molar refractivity (Wildman–Crippen MR) is 55.7 cm³/mol. The molecule has 1 saturated carbocycles. The lowest BCUT2D eigenvalue weighted by atomic mass is 9.85. The van der Waals surface area contributed by atoms with Crippen LogP contribution in [0.15, 0.2) is 0 Å². The van der Waals surface area contributed by atoms with E-state index in [1.807, 2.05) is 11.8 Å². The van der Waals surface area contributed by atoms with Crippen LogP contribution in [0.1, 0.15) is 39.0 Å². The second kappa shape index (κ2) is 3.89. The molecule has 2 rings (SSSR count). The van der Waals surface area contributed by atoms with Gasteiger partial charge in [-0.2, -0.15) is 0 Å². The van der Waals surface area contributed by atoms with Crippen LogP contribution < -0.4 is 5.73 Å². The molecule has 80 valence electrons. The molecule has 2 N–H and O–H groups in total. The molecule has 1 aliphatic carbocycles. The molecule has 1 saturated heterocycles. The Kier molecular flexibility index (Phi) is 2.77. The van der Waals surface area contributed by atoms with E-state index in [1.54, 1.807) is 0 Å². The highest BCUT2D eigenvalue weighted by atomic mass is 16.2. The summed E-state index contributed by atoms with van der Waals surface area (Å²) in [5, 5.41) is 0. The first-order valence-electron chi connectivity index (χ1n) is 5.73. The molecule has 1 amide bonds. The van der Waals surface area contributed by atoms with Crippen molar-refractivity contribution in [1.29, 1.82) is 0 Å². The highest BCUT2D eigenvalue weighted by molar-refractivity contribution is 5.79. The van der Waals surface area contributed by atoms with Crippen LogP contribution in [0.2, 0.25) is 0 Å². The van der Waals surface area contributed by atoms with Gasteiger partial charge in [0.05, 0.1) is 0 Å². The van der Waals surface area contributed by atoms with Crippen LogP contribution in [-0.2, 0) is 4.79 Å². The molecule has 2 aliphatic rings. The van der Waals surface area contributed by atoms with Crippen molar-refractivity contribution in [2.45, 2.75) is 51.1 Å². The molecule has 3 atom stereocenters. The van der Waals surface area contributed by atoms with E-state index in [1.165, 1.54) is 25.7 Å². The summed E-state index contributed by atoms with van der Waals surface area (Å²) < 4.78 is 0. The molecule has 14 heavy (non-hydrogen) atoms. The summed E-state index contributed by atoms with van der Waals surface area (Å²) in [6.45, 7) is 2.73. The van der Waals surface area contributed by atoms with E-state index in [9.17, 15) is 4.79 Å². The van der Waals surface area contributed by atoms with Crippen molar-refractivity contribution in [3.8, 4) is 0 Å². The zero-order valence-corrected chi connectivity index (χ0v) is 8.91. The Morgan fingerprint density at radius 2 is 2.21 bits per heavy atom. The molecule has 1 heterocycles. The molecule has 0 bridgehead atoms. The number of rotatable bonds is 2. The zero-order valence-electron chi connectivity index (χ0n) is 8.91. The van der Waals surface area contributed by atoms with Gasteiger partial charge in [-0.3, -0.25) is 4.79 Å². The van der Waals surface area contributed by atoms with Crippen LogP contribution in [-0.4, -0.2) is 29.4 Å². The number of likely N-dealkylation sites (tertiary alicyclic amines) is 1. The van der Waals surface area contributed by atoms with E-state index in [0.717, 1.165) is 13.0 Å². The van der Waals surface area contributed by atoms with Crippen molar-refractivity contribution in [2.24, 2.45) is 11.7 Å². The maximum absolute atomic E-state index is 11.7. The highest BCUT2D eigenvalue weighted by Gasteiger charge is 2.40. The predicted octanol–water partition coefficient (Wildman–Crippen LogP) is 1.12. The Labute approximate surface area is 85.6 Å². The number of hydrogen-bond donors (Lipinski definition) is 1. The van der Waals surface area contributed by atoms with Crippen LogP contribution in [0.3, 0.4) is 0 Å². The van der Waals surface area contributed by atoms with Crippen molar-refractivity contribution in [1.82, 2.24) is 4.90 Å². The molecule has 0 aromatic heterocycles. The maximum atomic E-state index is 11.7. The van der Waals surface area contributed by atoms with Crippen molar-refractivity contribution in [3.05, 3.63) is 0 Å². The van der Waals surface area contributed by atoms with Crippen molar-refractivity contribution in [2.75, 3.05) is 6.54 Å². The first-order valence-corrected chi connectivity index (χ1v) is 5.73. The monoisotopic (exact) mass is 196 g/mol. The van der Waals surface area contributed by atoms with Gasteiger partial charge in [0.15, 0.2) is 0 Å². The Morgan fingerprint density at radius 1 is 1.50 bits per heavy atom. The van der Waals surface area contributed by atoms with E-state index >= 15 is 0 Å². The number of nitrogens with zero attached hydrogens (tertiary/aromatic N) is 1. The minimum Gasteiger partial charge on any atom is -0.338 e. The molecule has 0 aromatic carbocycles. The summed E-state index contributed by atoms with van der Waals surface area (Å²) >= 11 is 0. The maximum Gasteiger partial charge on any atom is 0.223 e. The zero-order chi connectivity index (χ0) is 10.1. The molecular formula is C11H20N2O. The van der Waals surface area contributed by atoms with Crippen LogP contribution in [0.25, 0.3) is 0 Å². The summed E-state index contributed by atoms with van der Waals surface area (Å²) in [6.07, 6.45) is 5.80. The second-order valence-corrected chi connectivity index (χ2v) is 4.84. The fourth-order valence-corrected chi connectivity index (χ4v) is 2.91. The van der Waals surface area contributed by atoms with Crippen molar-refractivity contribution >= 4 is 5.91 Å². The molecule has 3 heteroatoms. The van der Waals surface area contributed by atoms with Gasteiger partial charge in [0, 0.05) is 25.0 Å². The van der Waals surface area contributed by atoms with E-state index in [4.69, 9.17) is 5.73 Å². The summed E-state index contributed by atoms with van der Waals surface area (Å²) in [5.74, 6) is 0.967. The van der Waals surface area contributed by atoms with Crippen molar-refractivity contribution < 1.29 is 4.79 Å². The Morgan fingerprint density at radius 3 is 2.93 bits per heavy atom. The van der Waals surface area contributed by atoms with Gasteiger partial charge in [0.25, 0.3) is 0 Å². The fraction of sp³-hybridized carbons (Fsp3) is 0.909. The van der Waals surface area contributed by atoms with Gasteiger partial charge in [0.2, 0.25) is 5.91 Å². The SMILES string of the molecule is CC(N)CN1C(=O)CC2CCCCC21. The van der Waals surface area contributed by atoms with Gasteiger partial charge >= 0.3 is 0 Å². The lowest BCUT2D eigenvalue weighted by molar-refractivity contribution is -0.129. The number of carbonyl (C=O) groups excluding carboxylic acids is 1. The minimum absolute atomic E-state index is 0.111. The number of amides is 1. The number of hydrogen-bond acceptors (Lipinski definition) is 2. The third kappa shape index (κ3) is 1.78. The molecular weight excluding hydrogens is 176 g/mol.